The molecule has 2 aromatic rings. The number of halogens is 1. The van der Waals surface area contributed by atoms with Crippen LogP contribution in [0.2, 0.25) is 5.02 Å². The molecule has 0 aliphatic carbocycles. The fourth-order valence-corrected chi connectivity index (χ4v) is 3.68. The van der Waals surface area contributed by atoms with E-state index >= 15 is 0 Å². The summed E-state index contributed by atoms with van der Waals surface area (Å²) in [6.07, 6.45) is 3.48. The predicted octanol–water partition coefficient (Wildman–Crippen LogP) is 4.12. The number of nitrogens with zero attached hydrogens (tertiary/aromatic N) is 2. The van der Waals surface area contributed by atoms with Gasteiger partial charge in [0, 0.05) is 22.6 Å². The summed E-state index contributed by atoms with van der Waals surface area (Å²) >= 11 is 6.74. The Bertz CT molecular complexity index is 920. The van der Waals surface area contributed by atoms with Gasteiger partial charge >= 0.3 is 5.97 Å². The van der Waals surface area contributed by atoms with E-state index in [0.717, 1.165) is 28.0 Å². The van der Waals surface area contributed by atoms with Crippen LogP contribution < -0.4 is 0 Å². The van der Waals surface area contributed by atoms with E-state index < -0.39 is 23.2 Å². The molecule has 1 atom stereocenters. The molecule has 6 nitrogen and oxygen atoms in total. The monoisotopic (exact) mass is 404 g/mol. The van der Waals surface area contributed by atoms with Crippen molar-refractivity contribution in [1.82, 2.24) is 9.47 Å². The minimum Gasteiger partial charge on any atom is -0.464 e. The van der Waals surface area contributed by atoms with Crippen LogP contribution in [0.15, 0.2) is 47.5 Å². The van der Waals surface area contributed by atoms with Crippen molar-refractivity contribution >= 4 is 46.6 Å². The first-order valence-corrected chi connectivity index (χ1v) is 9.48. The molecule has 0 bridgehead atoms. The fourth-order valence-electron chi connectivity index (χ4n) is 2.66. The molecule has 1 saturated heterocycles. The highest BCUT2D eigenvalue weighted by Crippen LogP contribution is 2.34. The first-order valence-electron chi connectivity index (χ1n) is 8.29. The molecule has 27 heavy (non-hydrogen) atoms. The van der Waals surface area contributed by atoms with Crippen molar-refractivity contribution in [3.63, 3.8) is 0 Å². The number of ether oxygens (including phenoxy) is 1. The van der Waals surface area contributed by atoms with Gasteiger partial charge in [0.2, 0.25) is 0 Å². The number of esters is 1. The summed E-state index contributed by atoms with van der Waals surface area (Å²) in [5.41, 5.74) is 1.60. The number of carbonyl (C=O) groups excluding carboxylic acids is 3. The lowest BCUT2D eigenvalue weighted by molar-refractivity contribution is -0.150. The third-order valence-electron chi connectivity index (χ3n) is 4.00. The molecule has 3 rings (SSSR count). The van der Waals surface area contributed by atoms with Crippen molar-refractivity contribution in [3.8, 4) is 5.69 Å². The van der Waals surface area contributed by atoms with Gasteiger partial charge in [0.05, 0.1) is 11.5 Å². The Labute approximate surface area is 165 Å². The minimum absolute atomic E-state index is 0.184. The average molecular weight is 405 g/mol. The maximum atomic E-state index is 12.7. The second-order valence-corrected chi connectivity index (χ2v) is 7.19. The van der Waals surface area contributed by atoms with Gasteiger partial charge in [0.25, 0.3) is 11.1 Å². The normalized spacial score (nSPS) is 16.9. The van der Waals surface area contributed by atoms with Gasteiger partial charge in [-0.15, -0.1) is 0 Å². The van der Waals surface area contributed by atoms with Gasteiger partial charge in [-0.05, 0) is 68.1 Å². The van der Waals surface area contributed by atoms with Crippen LogP contribution >= 0.6 is 23.4 Å². The molecule has 2 amide bonds. The fraction of sp³-hybridized carbons (Fsp3) is 0.211. The van der Waals surface area contributed by atoms with Crippen LogP contribution in [0.25, 0.3) is 11.8 Å². The first kappa shape index (κ1) is 19.3. The number of aromatic nitrogens is 1. The van der Waals surface area contributed by atoms with E-state index in [0.29, 0.717) is 5.02 Å². The average Bonchev–Trinajstić information content (AvgIpc) is 3.20. The van der Waals surface area contributed by atoms with Gasteiger partial charge < -0.3 is 9.30 Å². The highest BCUT2D eigenvalue weighted by molar-refractivity contribution is 8.18. The largest absolute Gasteiger partial charge is 0.464 e. The molecule has 8 heteroatoms. The molecular weight excluding hydrogens is 388 g/mol. The lowest BCUT2D eigenvalue weighted by Gasteiger charge is -2.19. The number of imide groups is 1. The standard InChI is InChI=1S/C19H17ClN2O4S/c1-3-26-18(24)12(2)22-17(23)16(27-19(22)25)11-15-5-4-10-21(15)14-8-6-13(20)7-9-14/h4-12H,3H2,1-2H3/b16-11+/t12-/m0/s1. The minimum atomic E-state index is -0.966. The van der Waals surface area contributed by atoms with Crippen molar-refractivity contribution in [2.45, 2.75) is 19.9 Å². The summed E-state index contributed by atoms with van der Waals surface area (Å²) in [4.78, 5) is 38.0. The number of rotatable bonds is 5. The maximum absolute atomic E-state index is 12.7. The Kier molecular flexibility index (Phi) is 5.72. The van der Waals surface area contributed by atoms with Crippen LogP contribution in [0.3, 0.4) is 0 Å². The number of benzene rings is 1. The smallest absolute Gasteiger partial charge is 0.329 e. The van der Waals surface area contributed by atoms with E-state index in [1.807, 2.05) is 35.0 Å². The Morgan fingerprint density at radius 3 is 2.63 bits per heavy atom. The van der Waals surface area contributed by atoms with Gasteiger partial charge in [0.1, 0.15) is 6.04 Å². The Morgan fingerprint density at radius 2 is 1.96 bits per heavy atom. The van der Waals surface area contributed by atoms with Crippen molar-refractivity contribution < 1.29 is 19.1 Å². The second-order valence-electron chi connectivity index (χ2n) is 5.76. The number of amides is 2. The third kappa shape index (κ3) is 3.94. The molecule has 1 aromatic carbocycles. The number of carbonyl (C=O) groups is 3. The lowest BCUT2D eigenvalue weighted by Crippen LogP contribution is -2.42. The topological polar surface area (TPSA) is 68.6 Å². The van der Waals surface area contributed by atoms with Crippen molar-refractivity contribution in [2.24, 2.45) is 0 Å². The van der Waals surface area contributed by atoms with Crippen LogP contribution in [-0.2, 0) is 14.3 Å². The van der Waals surface area contributed by atoms with Gasteiger partial charge in [-0.25, -0.2) is 4.79 Å². The summed E-state index contributed by atoms with van der Waals surface area (Å²) < 4.78 is 6.79. The van der Waals surface area contributed by atoms with Gasteiger partial charge in [-0.3, -0.25) is 14.5 Å². The zero-order chi connectivity index (χ0) is 19.6. The van der Waals surface area contributed by atoms with Crippen LogP contribution in [0.4, 0.5) is 4.79 Å². The highest BCUT2D eigenvalue weighted by Gasteiger charge is 2.41. The van der Waals surface area contributed by atoms with Crippen LogP contribution in [0.1, 0.15) is 19.5 Å². The zero-order valence-electron chi connectivity index (χ0n) is 14.7. The van der Waals surface area contributed by atoms with Gasteiger partial charge in [0.15, 0.2) is 0 Å². The summed E-state index contributed by atoms with van der Waals surface area (Å²) in [6.45, 7) is 3.33. The third-order valence-corrected chi connectivity index (χ3v) is 5.14. The van der Waals surface area contributed by atoms with E-state index in [-0.39, 0.29) is 11.5 Å². The van der Waals surface area contributed by atoms with E-state index in [1.165, 1.54) is 6.92 Å². The van der Waals surface area contributed by atoms with E-state index in [2.05, 4.69) is 0 Å². The van der Waals surface area contributed by atoms with Crippen LogP contribution in [0.5, 0.6) is 0 Å². The van der Waals surface area contributed by atoms with Crippen molar-refractivity contribution in [1.29, 1.82) is 0 Å². The molecule has 1 aliphatic rings. The van der Waals surface area contributed by atoms with Crippen LogP contribution in [0, 0.1) is 0 Å². The summed E-state index contributed by atoms with van der Waals surface area (Å²) in [5.74, 6) is -1.11. The molecule has 0 N–H and O–H groups in total. The molecule has 0 unspecified atom stereocenters. The van der Waals surface area contributed by atoms with E-state index in [4.69, 9.17) is 16.3 Å². The number of thioether (sulfide) groups is 1. The highest BCUT2D eigenvalue weighted by atomic mass is 35.5. The Balaban J connectivity index is 1.88. The molecule has 0 radical (unpaired) electrons. The molecule has 0 saturated carbocycles. The van der Waals surface area contributed by atoms with Crippen molar-refractivity contribution in [3.05, 3.63) is 58.2 Å². The maximum Gasteiger partial charge on any atom is 0.329 e. The Morgan fingerprint density at radius 1 is 1.26 bits per heavy atom. The number of hydrogen-bond acceptors (Lipinski definition) is 5. The van der Waals surface area contributed by atoms with E-state index in [1.54, 1.807) is 25.1 Å². The van der Waals surface area contributed by atoms with E-state index in [9.17, 15) is 14.4 Å². The van der Waals surface area contributed by atoms with Gasteiger partial charge in [-0.1, -0.05) is 11.6 Å². The van der Waals surface area contributed by atoms with Gasteiger partial charge in [-0.2, -0.15) is 0 Å². The predicted molar refractivity (Wildman–Crippen MR) is 105 cm³/mol. The summed E-state index contributed by atoms with van der Waals surface area (Å²) in [7, 11) is 0. The Hall–Kier alpha value is -2.51. The number of hydrogen-bond donors (Lipinski definition) is 0. The van der Waals surface area contributed by atoms with Crippen LogP contribution in [-0.4, -0.2) is 39.2 Å². The zero-order valence-corrected chi connectivity index (χ0v) is 16.3. The molecule has 1 aromatic heterocycles. The SMILES string of the molecule is CCOC(=O)[C@H](C)N1C(=O)S/C(=C/c2cccn2-c2ccc(Cl)cc2)C1=O. The molecular formula is C19H17ClN2O4S. The quantitative estimate of drug-likeness (QED) is 0.554. The second kappa shape index (κ2) is 8.02. The lowest BCUT2D eigenvalue weighted by atomic mass is 10.2. The molecule has 1 aliphatic heterocycles. The first-order chi connectivity index (χ1) is 12.9. The molecule has 1 fully saturated rings. The van der Waals surface area contributed by atoms with Crippen molar-refractivity contribution in [2.75, 3.05) is 6.61 Å². The summed E-state index contributed by atoms with van der Waals surface area (Å²) in [6, 6.07) is 9.96. The molecule has 2 heterocycles. The molecule has 0 spiro atoms. The molecule has 140 valence electrons. The summed E-state index contributed by atoms with van der Waals surface area (Å²) in [5, 5.41) is 0.137.